The van der Waals surface area contributed by atoms with Crippen molar-refractivity contribution in [1.29, 1.82) is 0 Å². The van der Waals surface area contributed by atoms with Gasteiger partial charge in [0.15, 0.2) is 0 Å². The topological polar surface area (TPSA) is 45.2 Å². The Balaban J connectivity index is 1.40. The van der Waals surface area contributed by atoms with Crippen LogP contribution in [0, 0.1) is 0 Å². The van der Waals surface area contributed by atoms with Crippen molar-refractivity contribution >= 4 is 23.2 Å². The first kappa shape index (κ1) is 21.3. The quantitative estimate of drug-likeness (QED) is 0.660. The van der Waals surface area contributed by atoms with Crippen LogP contribution in [-0.4, -0.2) is 75.7 Å². The fraction of sp³-hybridized carbons (Fsp3) is 0.409. The van der Waals surface area contributed by atoms with Crippen LogP contribution in [0.2, 0.25) is 5.02 Å². The summed E-state index contributed by atoms with van der Waals surface area (Å²) in [5.74, 6) is 1.75. The molecule has 0 radical (unpaired) electrons. The highest BCUT2D eigenvalue weighted by atomic mass is 35.5. The number of para-hydroxylation sites is 2. The Labute approximate surface area is 177 Å². The number of nitrogens with zero attached hydrogens (tertiary/aromatic N) is 3. The molecule has 0 unspecified atom stereocenters. The monoisotopic (exact) mass is 417 g/mol. The molecule has 0 spiro atoms. The smallest absolute Gasteiger partial charge is 0.236 e. The van der Waals surface area contributed by atoms with Gasteiger partial charge in [-0.2, -0.15) is 0 Å². The molecule has 0 N–H and O–H groups in total. The SMILES string of the molecule is COc1ccccc1N1CCN(CC(=O)N(C)CCOc2ccc(Cl)cc2)CC1. The Bertz CT molecular complexity index is 792. The van der Waals surface area contributed by atoms with E-state index < -0.39 is 0 Å². The summed E-state index contributed by atoms with van der Waals surface area (Å²) in [4.78, 5) is 18.8. The van der Waals surface area contributed by atoms with Gasteiger partial charge in [-0.15, -0.1) is 0 Å². The summed E-state index contributed by atoms with van der Waals surface area (Å²) in [5.41, 5.74) is 1.11. The molecule has 6 nitrogen and oxygen atoms in total. The largest absolute Gasteiger partial charge is 0.495 e. The second-order valence-electron chi connectivity index (χ2n) is 7.05. The number of hydrogen-bond donors (Lipinski definition) is 0. The number of carbonyl (C=O) groups is 1. The van der Waals surface area contributed by atoms with Gasteiger partial charge in [-0.05, 0) is 36.4 Å². The van der Waals surface area contributed by atoms with Crippen molar-refractivity contribution < 1.29 is 14.3 Å². The van der Waals surface area contributed by atoms with Crippen LogP contribution >= 0.6 is 11.6 Å². The molecule has 0 atom stereocenters. The summed E-state index contributed by atoms with van der Waals surface area (Å²) < 4.78 is 11.1. The van der Waals surface area contributed by atoms with Crippen molar-refractivity contribution in [1.82, 2.24) is 9.80 Å². The number of methoxy groups -OCH3 is 1. The Hall–Kier alpha value is -2.44. The van der Waals surface area contributed by atoms with Crippen LogP contribution in [0.1, 0.15) is 0 Å². The molecule has 1 amide bonds. The van der Waals surface area contributed by atoms with Gasteiger partial charge in [0.05, 0.1) is 25.9 Å². The third kappa shape index (κ3) is 6.02. The lowest BCUT2D eigenvalue weighted by Crippen LogP contribution is -2.50. The van der Waals surface area contributed by atoms with Gasteiger partial charge in [0, 0.05) is 38.2 Å². The summed E-state index contributed by atoms with van der Waals surface area (Å²) in [6.07, 6.45) is 0. The molecule has 0 aromatic heterocycles. The predicted molar refractivity (Wildman–Crippen MR) is 116 cm³/mol. The van der Waals surface area contributed by atoms with Crippen molar-refractivity contribution in [3.05, 3.63) is 53.6 Å². The fourth-order valence-corrected chi connectivity index (χ4v) is 3.43. The van der Waals surface area contributed by atoms with Crippen LogP contribution in [0.25, 0.3) is 0 Å². The van der Waals surface area contributed by atoms with E-state index in [1.807, 2.05) is 37.4 Å². The second-order valence-corrected chi connectivity index (χ2v) is 7.49. The van der Waals surface area contributed by atoms with E-state index in [0.717, 1.165) is 43.4 Å². The van der Waals surface area contributed by atoms with Crippen molar-refractivity contribution in [3.63, 3.8) is 0 Å². The predicted octanol–water partition coefficient (Wildman–Crippen LogP) is 3.01. The van der Waals surface area contributed by atoms with Gasteiger partial charge >= 0.3 is 0 Å². The summed E-state index contributed by atoms with van der Waals surface area (Å²) in [6.45, 7) is 4.86. The minimum Gasteiger partial charge on any atom is -0.495 e. The fourth-order valence-electron chi connectivity index (χ4n) is 3.31. The van der Waals surface area contributed by atoms with Gasteiger partial charge in [-0.25, -0.2) is 0 Å². The molecule has 29 heavy (non-hydrogen) atoms. The van der Waals surface area contributed by atoms with Gasteiger partial charge in [0.1, 0.15) is 18.1 Å². The van der Waals surface area contributed by atoms with Crippen molar-refractivity contribution in [2.24, 2.45) is 0 Å². The Kier molecular flexibility index (Phi) is 7.61. The van der Waals surface area contributed by atoms with Crippen LogP contribution in [0.4, 0.5) is 5.69 Å². The number of likely N-dealkylation sites (N-methyl/N-ethyl adjacent to an activating group) is 1. The Morgan fingerprint density at radius 1 is 1.07 bits per heavy atom. The summed E-state index contributed by atoms with van der Waals surface area (Å²) >= 11 is 5.87. The number of rotatable bonds is 8. The zero-order chi connectivity index (χ0) is 20.6. The molecule has 7 heteroatoms. The number of hydrogen-bond acceptors (Lipinski definition) is 5. The molecule has 3 rings (SSSR count). The molecule has 156 valence electrons. The minimum atomic E-state index is 0.107. The molecule has 0 aliphatic carbocycles. The maximum Gasteiger partial charge on any atom is 0.236 e. The van der Waals surface area contributed by atoms with E-state index in [1.165, 1.54) is 0 Å². The van der Waals surface area contributed by atoms with Crippen LogP contribution in [-0.2, 0) is 4.79 Å². The van der Waals surface area contributed by atoms with Crippen molar-refractivity contribution in [2.45, 2.75) is 0 Å². The normalized spacial score (nSPS) is 14.5. The number of carbonyl (C=O) groups excluding carboxylic acids is 1. The molecule has 1 heterocycles. The van der Waals surface area contributed by atoms with Crippen LogP contribution < -0.4 is 14.4 Å². The van der Waals surface area contributed by atoms with Crippen molar-refractivity contribution in [2.75, 3.05) is 64.9 Å². The highest BCUT2D eigenvalue weighted by Crippen LogP contribution is 2.28. The molecule has 1 aliphatic rings. The number of ether oxygens (including phenoxy) is 2. The summed E-state index contributed by atoms with van der Waals surface area (Å²) in [7, 11) is 3.51. The number of amides is 1. The lowest BCUT2D eigenvalue weighted by molar-refractivity contribution is -0.131. The van der Waals surface area contributed by atoms with E-state index >= 15 is 0 Å². The van der Waals surface area contributed by atoms with Gasteiger partial charge in [-0.1, -0.05) is 23.7 Å². The first-order valence-electron chi connectivity index (χ1n) is 9.79. The third-order valence-electron chi connectivity index (χ3n) is 5.09. The van der Waals surface area contributed by atoms with Crippen molar-refractivity contribution in [3.8, 4) is 11.5 Å². The first-order chi connectivity index (χ1) is 14.1. The van der Waals surface area contributed by atoms with Gasteiger partial charge < -0.3 is 19.3 Å². The van der Waals surface area contributed by atoms with E-state index in [9.17, 15) is 4.79 Å². The van der Waals surface area contributed by atoms with Crippen LogP contribution in [0.15, 0.2) is 48.5 Å². The Morgan fingerprint density at radius 2 is 1.76 bits per heavy atom. The lowest BCUT2D eigenvalue weighted by atomic mass is 10.2. The van der Waals surface area contributed by atoms with E-state index in [2.05, 4.69) is 15.9 Å². The van der Waals surface area contributed by atoms with E-state index in [0.29, 0.717) is 24.7 Å². The molecule has 1 aliphatic heterocycles. The lowest BCUT2D eigenvalue weighted by Gasteiger charge is -2.36. The van der Waals surface area contributed by atoms with Crippen LogP contribution in [0.3, 0.4) is 0 Å². The van der Waals surface area contributed by atoms with Gasteiger partial charge in [-0.3, -0.25) is 9.69 Å². The number of piperazine rings is 1. The zero-order valence-corrected chi connectivity index (χ0v) is 17.8. The average Bonchev–Trinajstić information content (AvgIpc) is 2.75. The second kappa shape index (κ2) is 10.4. The number of halogens is 1. The standard InChI is InChI=1S/C22H28ClN3O3/c1-24(15-16-29-19-9-7-18(23)8-10-19)22(27)17-25-11-13-26(14-12-25)20-5-3-4-6-21(20)28-2/h3-10H,11-17H2,1-2H3. The average molecular weight is 418 g/mol. The summed E-state index contributed by atoms with van der Waals surface area (Å²) in [5, 5.41) is 0.676. The van der Waals surface area contributed by atoms with Gasteiger partial charge in [0.2, 0.25) is 5.91 Å². The molecule has 2 aromatic carbocycles. The minimum absolute atomic E-state index is 0.107. The first-order valence-corrected chi connectivity index (χ1v) is 10.2. The molecule has 0 saturated carbocycles. The molecular weight excluding hydrogens is 390 g/mol. The highest BCUT2D eigenvalue weighted by Gasteiger charge is 2.22. The summed E-state index contributed by atoms with van der Waals surface area (Å²) in [6, 6.07) is 15.3. The molecule has 1 fully saturated rings. The molecule has 1 saturated heterocycles. The zero-order valence-electron chi connectivity index (χ0n) is 17.0. The number of anilines is 1. The molecular formula is C22H28ClN3O3. The highest BCUT2D eigenvalue weighted by molar-refractivity contribution is 6.30. The maximum absolute atomic E-state index is 12.5. The number of benzene rings is 2. The van der Waals surface area contributed by atoms with E-state index in [4.69, 9.17) is 21.1 Å². The Morgan fingerprint density at radius 3 is 2.45 bits per heavy atom. The molecule has 2 aromatic rings. The maximum atomic E-state index is 12.5. The van der Waals surface area contributed by atoms with Crippen LogP contribution in [0.5, 0.6) is 11.5 Å². The molecule has 0 bridgehead atoms. The van der Waals surface area contributed by atoms with E-state index in [1.54, 1.807) is 24.1 Å². The van der Waals surface area contributed by atoms with Gasteiger partial charge in [0.25, 0.3) is 0 Å². The van der Waals surface area contributed by atoms with E-state index in [-0.39, 0.29) is 5.91 Å². The third-order valence-corrected chi connectivity index (χ3v) is 5.34.